The average Bonchev–Trinajstić information content (AvgIpc) is 2.67. The summed E-state index contributed by atoms with van der Waals surface area (Å²) in [5, 5.41) is 5.30. The van der Waals surface area contributed by atoms with Gasteiger partial charge in [0.25, 0.3) is 5.91 Å². The van der Waals surface area contributed by atoms with E-state index in [1.807, 2.05) is 84.9 Å². The first-order valence-corrected chi connectivity index (χ1v) is 8.21. The molecule has 26 heavy (non-hydrogen) atoms. The lowest BCUT2D eigenvalue weighted by Gasteiger charge is -2.19. The molecule has 0 aliphatic heterocycles. The Labute approximate surface area is 151 Å². The van der Waals surface area contributed by atoms with Crippen LogP contribution in [0.1, 0.15) is 11.6 Å². The Kier molecular flexibility index (Phi) is 5.29. The fourth-order valence-corrected chi connectivity index (χ4v) is 2.70. The predicted octanol–water partition coefficient (Wildman–Crippen LogP) is 3.70. The maximum Gasteiger partial charge on any atom is 0.318 e. The van der Waals surface area contributed by atoms with Crippen LogP contribution in [0.2, 0.25) is 0 Å². The van der Waals surface area contributed by atoms with Gasteiger partial charge in [0.2, 0.25) is 0 Å². The molecule has 0 saturated heterocycles. The van der Waals surface area contributed by atoms with E-state index in [1.165, 1.54) is 0 Å². The third-order valence-corrected chi connectivity index (χ3v) is 3.94. The van der Waals surface area contributed by atoms with E-state index in [2.05, 4.69) is 10.6 Å². The second kappa shape index (κ2) is 7.98. The van der Waals surface area contributed by atoms with Crippen molar-refractivity contribution in [3.8, 4) is 11.1 Å². The first-order chi connectivity index (χ1) is 12.6. The van der Waals surface area contributed by atoms with Crippen LogP contribution in [-0.4, -0.2) is 11.9 Å². The highest BCUT2D eigenvalue weighted by molar-refractivity contribution is 5.98. The summed E-state index contributed by atoms with van der Waals surface area (Å²) in [7, 11) is 0. The Hall–Kier alpha value is -3.60. The van der Waals surface area contributed by atoms with Crippen LogP contribution < -0.4 is 16.4 Å². The Morgan fingerprint density at radius 2 is 1.27 bits per heavy atom. The number of nitrogens with two attached hydrogens (primary N) is 1. The van der Waals surface area contributed by atoms with Crippen LogP contribution in [0.3, 0.4) is 0 Å². The number of hydrogen-bond acceptors (Lipinski definition) is 3. The topological polar surface area (TPSA) is 84.2 Å². The number of rotatable bonds is 5. The summed E-state index contributed by atoms with van der Waals surface area (Å²) in [6.45, 7) is 0. The molecule has 0 fully saturated rings. The number of benzene rings is 3. The molecule has 0 radical (unpaired) electrons. The molecule has 0 spiro atoms. The largest absolute Gasteiger partial charge is 0.370 e. The van der Waals surface area contributed by atoms with Crippen LogP contribution in [-0.2, 0) is 4.79 Å². The summed E-state index contributed by atoms with van der Waals surface area (Å²) < 4.78 is 0. The van der Waals surface area contributed by atoms with E-state index >= 15 is 0 Å². The van der Waals surface area contributed by atoms with Gasteiger partial charge in [-0.05, 0) is 28.8 Å². The Balaban J connectivity index is 1.82. The van der Waals surface area contributed by atoms with E-state index in [0.29, 0.717) is 0 Å². The van der Waals surface area contributed by atoms with E-state index in [1.54, 1.807) is 0 Å². The molecule has 5 nitrogen and oxygen atoms in total. The number of urea groups is 1. The van der Waals surface area contributed by atoms with Gasteiger partial charge in [0.1, 0.15) is 6.04 Å². The smallest absolute Gasteiger partial charge is 0.318 e. The van der Waals surface area contributed by atoms with Crippen molar-refractivity contribution >= 4 is 17.6 Å². The Bertz CT molecular complexity index is 878. The van der Waals surface area contributed by atoms with Crippen LogP contribution >= 0.6 is 0 Å². The molecule has 3 amide bonds. The minimum atomic E-state index is -0.878. The molecule has 0 bridgehead atoms. The zero-order valence-electron chi connectivity index (χ0n) is 14.1. The van der Waals surface area contributed by atoms with E-state index < -0.39 is 18.0 Å². The molecule has 0 unspecified atom stereocenters. The summed E-state index contributed by atoms with van der Waals surface area (Å²) >= 11 is 0. The molecule has 0 saturated carbocycles. The standard InChI is InChI=1S/C21H19N3O2/c22-21(26)24-20(25)19(17-9-5-2-6-10-17)23-18-13-11-16(12-14-18)15-7-3-1-4-8-15/h1-14,19,23H,(H3,22,24,25,26)/t19-/m1/s1. The van der Waals surface area contributed by atoms with Crippen molar-refractivity contribution < 1.29 is 9.59 Å². The van der Waals surface area contributed by atoms with E-state index in [4.69, 9.17) is 5.73 Å². The molecule has 0 aromatic heterocycles. The average molecular weight is 345 g/mol. The first kappa shape index (κ1) is 17.2. The highest BCUT2D eigenvalue weighted by Crippen LogP contribution is 2.24. The zero-order valence-corrected chi connectivity index (χ0v) is 14.1. The van der Waals surface area contributed by atoms with Crippen LogP contribution in [0.25, 0.3) is 11.1 Å². The van der Waals surface area contributed by atoms with Crippen molar-refractivity contribution in [3.63, 3.8) is 0 Å². The van der Waals surface area contributed by atoms with Gasteiger partial charge in [-0.2, -0.15) is 0 Å². The molecule has 0 heterocycles. The van der Waals surface area contributed by atoms with Gasteiger partial charge in [0.05, 0.1) is 0 Å². The highest BCUT2D eigenvalue weighted by Gasteiger charge is 2.21. The lowest BCUT2D eigenvalue weighted by atomic mass is 10.0. The van der Waals surface area contributed by atoms with Crippen molar-refractivity contribution in [1.29, 1.82) is 0 Å². The third kappa shape index (κ3) is 4.27. The summed E-state index contributed by atoms with van der Waals surface area (Å²) in [4.78, 5) is 23.4. The quantitative estimate of drug-likeness (QED) is 0.659. The molecule has 0 aliphatic carbocycles. The van der Waals surface area contributed by atoms with Gasteiger partial charge in [-0.15, -0.1) is 0 Å². The third-order valence-electron chi connectivity index (χ3n) is 3.94. The predicted molar refractivity (Wildman–Crippen MR) is 102 cm³/mol. The maximum atomic E-state index is 12.4. The van der Waals surface area contributed by atoms with Crippen LogP contribution in [0, 0.1) is 0 Å². The zero-order chi connectivity index (χ0) is 18.4. The van der Waals surface area contributed by atoms with Gasteiger partial charge in [-0.25, -0.2) is 4.79 Å². The van der Waals surface area contributed by atoms with E-state index in [0.717, 1.165) is 22.4 Å². The molecular formula is C21H19N3O2. The SMILES string of the molecule is NC(=O)NC(=O)[C@H](Nc1ccc(-c2ccccc2)cc1)c1ccccc1. The van der Waals surface area contributed by atoms with Gasteiger partial charge >= 0.3 is 6.03 Å². The normalized spacial score (nSPS) is 11.4. The molecule has 0 aliphatic rings. The number of amides is 3. The Morgan fingerprint density at radius 3 is 1.85 bits per heavy atom. The summed E-state index contributed by atoms with van der Waals surface area (Å²) in [5.74, 6) is -0.504. The first-order valence-electron chi connectivity index (χ1n) is 8.21. The minimum Gasteiger partial charge on any atom is -0.370 e. The van der Waals surface area contributed by atoms with Gasteiger partial charge in [0.15, 0.2) is 0 Å². The molecular weight excluding hydrogens is 326 g/mol. The molecule has 1 atom stereocenters. The lowest BCUT2D eigenvalue weighted by molar-refractivity contribution is -0.120. The maximum absolute atomic E-state index is 12.4. The number of nitrogens with one attached hydrogen (secondary N) is 2. The van der Waals surface area contributed by atoms with E-state index in [-0.39, 0.29) is 0 Å². The summed E-state index contributed by atoms with van der Waals surface area (Å²) in [6, 6.07) is 25.3. The number of hydrogen-bond donors (Lipinski definition) is 3. The number of carbonyl (C=O) groups excluding carboxylic acids is 2. The van der Waals surface area contributed by atoms with Crippen LogP contribution in [0.4, 0.5) is 10.5 Å². The van der Waals surface area contributed by atoms with Gasteiger partial charge < -0.3 is 11.1 Å². The van der Waals surface area contributed by atoms with Crippen LogP contribution in [0.15, 0.2) is 84.9 Å². The molecule has 3 aromatic rings. The lowest BCUT2D eigenvalue weighted by Crippen LogP contribution is -2.40. The Morgan fingerprint density at radius 1 is 0.731 bits per heavy atom. The summed E-state index contributed by atoms with van der Waals surface area (Å²) in [5.41, 5.74) is 8.78. The molecule has 4 N–H and O–H groups in total. The van der Waals surface area contributed by atoms with Crippen molar-refractivity contribution in [2.75, 3.05) is 5.32 Å². The number of carbonyl (C=O) groups is 2. The number of primary amides is 1. The highest BCUT2D eigenvalue weighted by atomic mass is 16.2. The summed E-state index contributed by atoms with van der Waals surface area (Å²) in [6.07, 6.45) is 0. The minimum absolute atomic E-state index is 0.504. The van der Waals surface area contributed by atoms with Crippen molar-refractivity contribution in [2.24, 2.45) is 5.73 Å². The van der Waals surface area contributed by atoms with Gasteiger partial charge in [-0.3, -0.25) is 10.1 Å². The van der Waals surface area contributed by atoms with Crippen molar-refractivity contribution in [2.45, 2.75) is 6.04 Å². The fraction of sp³-hybridized carbons (Fsp3) is 0.0476. The second-order valence-electron chi connectivity index (χ2n) is 5.78. The number of imide groups is 1. The van der Waals surface area contributed by atoms with Crippen LogP contribution in [0.5, 0.6) is 0 Å². The fourth-order valence-electron chi connectivity index (χ4n) is 2.70. The monoisotopic (exact) mass is 345 g/mol. The molecule has 3 rings (SSSR count). The van der Waals surface area contributed by atoms with Crippen molar-refractivity contribution in [3.05, 3.63) is 90.5 Å². The number of anilines is 1. The molecule has 130 valence electrons. The molecule has 3 aromatic carbocycles. The van der Waals surface area contributed by atoms with Gasteiger partial charge in [0, 0.05) is 5.69 Å². The van der Waals surface area contributed by atoms with E-state index in [9.17, 15) is 9.59 Å². The molecule has 5 heteroatoms. The second-order valence-corrected chi connectivity index (χ2v) is 5.78. The van der Waals surface area contributed by atoms with Crippen molar-refractivity contribution in [1.82, 2.24) is 5.32 Å². The van der Waals surface area contributed by atoms with Gasteiger partial charge in [-0.1, -0.05) is 72.8 Å².